The van der Waals surface area contributed by atoms with E-state index in [2.05, 4.69) is 0 Å². The Kier molecular flexibility index (Phi) is 5.00. The van der Waals surface area contributed by atoms with E-state index in [9.17, 15) is 0 Å². The zero-order valence-electron chi connectivity index (χ0n) is 9.58. The second kappa shape index (κ2) is 6.52. The normalized spacial score (nSPS) is 9.59. The fourth-order valence-electron chi connectivity index (χ4n) is 1.19. The summed E-state index contributed by atoms with van der Waals surface area (Å²) in [6.45, 7) is 0. The van der Waals surface area contributed by atoms with E-state index in [1.807, 2.05) is 42.5 Å². The number of hydrogen-bond donors (Lipinski definition) is 4. The molecule has 0 aliphatic rings. The number of benzene rings is 2. The molecule has 0 spiro atoms. The molecular weight excluding hydrogens is 212 g/mol. The van der Waals surface area contributed by atoms with Crippen molar-refractivity contribution in [1.29, 1.82) is 0 Å². The molecule has 0 saturated carbocycles. The molecule has 0 unspecified atom stereocenters. The Hall–Kier alpha value is -2.04. The van der Waals surface area contributed by atoms with Gasteiger partial charge in [-0.2, -0.15) is 0 Å². The van der Waals surface area contributed by atoms with Crippen molar-refractivity contribution in [3.8, 4) is 0 Å². The Balaban J connectivity index is 0.000000171. The Bertz CT molecular complexity index is 419. The lowest BCUT2D eigenvalue weighted by atomic mass is 10.2. The molecule has 0 aliphatic heterocycles. The van der Waals surface area contributed by atoms with Crippen molar-refractivity contribution in [1.82, 2.24) is 0 Å². The van der Waals surface area contributed by atoms with Crippen molar-refractivity contribution >= 4 is 11.4 Å². The first-order valence-corrected chi connectivity index (χ1v) is 5.27. The van der Waals surface area contributed by atoms with Gasteiger partial charge in [0.1, 0.15) is 0 Å². The molecule has 4 heteroatoms. The Morgan fingerprint density at radius 2 is 1.06 bits per heavy atom. The minimum atomic E-state index is -0.341. The van der Waals surface area contributed by atoms with Gasteiger partial charge in [-0.25, -0.2) is 0 Å². The summed E-state index contributed by atoms with van der Waals surface area (Å²) in [5.74, 6) is 0. The average molecular weight is 230 g/mol. The second-order valence-corrected chi connectivity index (χ2v) is 3.57. The minimum Gasteiger partial charge on any atom is -0.397 e. The molecule has 0 saturated heterocycles. The maximum absolute atomic E-state index is 5.39. The van der Waals surface area contributed by atoms with Crippen LogP contribution in [-0.4, -0.2) is 0 Å². The predicted molar refractivity (Wildman–Crippen MR) is 72.8 cm³/mol. The van der Waals surface area contributed by atoms with E-state index < -0.39 is 0 Å². The van der Waals surface area contributed by atoms with Crippen molar-refractivity contribution in [3.05, 3.63) is 60.2 Å². The first kappa shape index (κ1) is 13.0. The highest BCUT2D eigenvalue weighted by molar-refractivity contribution is 5.62. The predicted octanol–water partition coefficient (Wildman–Crippen LogP) is 1.45. The number of para-hydroxylation sites is 2. The molecule has 0 fully saturated rings. The van der Waals surface area contributed by atoms with Crippen LogP contribution in [0.5, 0.6) is 0 Å². The second-order valence-electron chi connectivity index (χ2n) is 3.57. The molecule has 0 radical (unpaired) electrons. The molecule has 0 heterocycles. The van der Waals surface area contributed by atoms with E-state index in [1.165, 1.54) is 0 Å². The number of hydrogen-bond acceptors (Lipinski definition) is 4. The molecule has 4 nitrogen and oxygen atoms in total. The molecular formula is C13H18N4. The van der Waals surface area contributed by atoms with Crippen molar-refractivity contribution in [2.75, 3.05) is 11.5 Å². The Morgan fingerprint density at radius 3 is 1.35 bits per heavy atom. The fourth-order valence-corrected chi connectivity index (χ4v) is 1.19. The van der Waals surface area contributed by atoms with Crippen LogP contribution < -0.4 is 22.9 Å². The zero-order valence-corrected chi connectivity index (χ0v) is 9.58. The summed E-state index contributed by atoms with van der Waals surface area (Å²) in [4.78, 5) is 0. The van der Waals surface area contributed by atoms with E-state index >= 15 is 0 Å². The van der Waals surface area contributed by atoms with E-state index in [1.54, 1.807) is 12.1 Å². The summed E-state index contributed by atoms with van der Waals surface area (Å²) < 4.78 is 0. The smallest absolute Gasteiger partial charge is 0.0784 e. The van der Waals surface area contributed by atoms with Gasteiger partial charge in [-0.3, -0.25) is 0 Å². The van der Waals surface area contributed by atoms with Crippen LogP contribution in [-0.2, 0) is 0 Å². The van der Waals surface area contributed by atoms with Crippen molar-refractivity contribution in [3.63, 3.8) is 0 Å². The molecule has 2 aromatic carbocycles. The van der Waals surface area contributed by atoms with Crippen molar-refractivity contribution in [2.45, 2.75) is 6.17 Å². The van der Waals surface area contributed by atoms with E-state index in [0.29, 0.717) is 11.4 Å². The standard InChI is InChI=1S/C7H10N2.C6H8N2/c8-7(9)6-4-2-1-3-5-6;7-5-3-1-2-4-6(5)8/h1-5,7H,8-9H2;1-4H,7-8H2. The fraction of sp³-hybridized carbons (Fsp3) is 0.0769. The number of anilines is 2. The van der Waals surface area contributed by atoms with Gasteiger partial charge >= 0.3 is 0 Å². The van der Waals surface area contributed by atoms with Gasteiger partial charge in [0.2, 0.25) is 0 Å². The van der Waals surface area contributed by atoms with Gasteiger partial charge in [0.15, 0.2) is 0 Å². The van der Waals surface area contributed by atoms with Gasteiger partial charge in [-0.1, -0.05) is 42.5 Å². The van der Waals surface area contributed by atoms with Gasteiger partial charge in [-0.05, 0) is 17.7 Å². The largest absolute Gasteiger partial charge is 0.397 e. The monoisotopic (exact) mass is 230 g/mol. The molecule has 2 rings (SSSR count). The van der Waals surface area contributed by atoms with Crippen LogP contribution in [0.1, 0.15) is 11.7 Å². The van der Waals surface area contributed by atoms with Gasteiger partial charge in [0.25, 0.3) is 0 Å². The van der Waals surface area contributed by atoms with Crippen molar-refractivity contribution < 1.29 is 0 Å². The maximum Gasteiger partial charge on any atom is 0.0784 e. The van der Waals surface area contributed by atoms with E-state index in [0.717, 1.165) is 5.56 Å². The van der Waals surface area contributed by atoms with Gasteiger partial charge in [-0.15, -0.1) is 0 Å². The molecule has 90 valence electrons. The van der Waals surface area contributed by atoms with Crippen molar-refractivity contribution in [2.24, 2.45) is 11.5 Å². The average Bonchev–Trinajstić information content (AvgIpc) is 2.35. The lowest BCUT2D eigenvalue weighted by Gasteiger charge is -2.02. The van der Waals surface area contributed by atoms with Gasteiger partial charge < -0.3 is 22.9 Å². The molecule has 17 heavy (non-hydrogen) atoms. The molecule has 8 N–H and O–H groups in total. The van der Waals surface area contributed by atoms with Crippen LogP contribution in [0.25, 0.3) is 0 Å². The van der Waals surface area contributed by atoms with Gasteiger partial charge in [0.05, 0.1) is 17.5 Å². The summed E-state index contributed by atoms with van der Waals surface area (Å²) in [6, 6.07) is 16.8. The lowest BCUT2D eigenvalue weighted by molar-refractivity contribution is 0.774. The quantitative estimate of drug-likeness (QED) is 0.439. The minimum absolute atomic E-state index is 0.341. The summed E-state index contributed by atoms with van der Waals surface area (Å²) in [5.41, 5.74) is 23.8. The summed E-state index contributed by atoms with van der Waals surface area (Å²) >= 11 is 0. The van der Waals surface area contributed by atoms with E-state index in [-0.39, 0.29) is 6.17 Å². The maximum atomic E-state index is 5.39. The number of nitrogen functional groups attached to an aromatic ring is 2. The number of nitrogens with two attached hydrogens (primary N) is 4. The highest BCUT2D eigenvalue weighted by Gasteiger charge is 1.93. The summed E-state index contributed by atoms with van der Waals surface area (Å²) in [5, 5.41) is 0. The van der Waals surface area contributed by atoms with Gasteiger partial charge in [0, 0.05) is 0 Å². The van der Waals surface area contributed by atoms with Crippen LogP contribution in [0.3, 0.4) is 0 Å². The molecule has 0 aliphatic carbocycles. The first-order valence-electron chi connectivity index (χ1n) is 5.27. The lowest BCUT2D eigenvalue weighted by Crippen LogP contribution is -2.19. The number of rotatable bonds is 1. The third-order valence-corrected chi connectivity index (χ3v) is 2.18. The summed E-state index contributed by atoms with van der Waals surface area (Å²) in [7, 11) is 0. The van der Waals surface area contributed by atoms with E-state index in [4.69, 9.17) is 22.9 Å². The first-order chi connectivity index (χ1) is 8.11. The van der Waals surface area contributed by atoms with Crippen LogP contribution in [0.15, 0.2) is 54.6 Å². The van der Waals surface area contributed by atoms with Crippen LogP contribution in [0.4, 0.5) is 11.4 Å². The Morgan fingerprint density at radius 1 is 0.647 bits per heavy atom. The highest BCUT2D eigenvalue weighted by Crippen LogP contribution is 2.10. The molecule has 0 aromatic heterocycles. The van der Waals surface area contributed by atoms with Crippen LogP contribution >= 0.6 is 0 Å². The summed E-state index contributed by atoms with van der Waals surface area (Å²) in [6.07, 6.45) is -0.341. The molecule has 2 aromatic rings. The topological polar surface area (TPSA) is 104 Å². The van der Waals surface area contributed by atoms with Crippen LogP contribution in [0, 0.1) is 0 Å². The third-order valence-electron chi connectivity index (χ3n) is 2.18. The zero-order chi connectivity index (χ0) is 12.7. The highest BCUT2D eigenvalue weighted by atomic mass is 14.8. The molecule has 0 atom stereocenters. The SMILES string of the molecule is NC(N)c1ccccc1.Nc1ccccc1N. The third kappa shape index (κ3) is 4.55. The Labute approximate surface area is 101 Å². The molecule has 0 bridgehead atoms. The molecule has 0 amide bonds. The van der Waals surface area contributed by atoms with Crippen LogP contribution in [0.2, 0.25) is 0 Å².